The highest BCUT2D eigenvalue weighted by atomic mass is 16.5. The van der Waals surface area contributed by atoms with Crippen molar-refractivity contribution in [3.8, 4) is 5.75 Å². The first-order valence-corrected chi connectivity index (χ1v) is 10.3. The number of benzene rings is 2. The maximum absolute atomic E-state index is 13.0. The normalized spacial score (nSPS) is 16.7. The molecule has 156 valence electrons. The Morgan fingerprint density at radius 2 is 2.10 bits per heavy atom. The molecular weight excluding hydrogens is 380 g/mol. The lowest BCUT2D eigenvalue weighted by Gasteiger charge is -2.12. The lowest BCUT2D eigenvalue weighted by atomic mass is 10.1. The van der Waals surface area contributed by atoms with Crippen molar-refractivity contribution in [1.82, 2.24) is 5.32 Å². The SMILES string of the molecule is CCc1cccc(N=c2oc3c(OC)cccc3cc2C(=O)NC[C@H]2CCCO2)c1. The van der Waals surface area contributed by atoms with E-state index < -0.39 is 0 Å². The minimum Gasteiger partial charge on any atom is -0.493 e. The molecule has 1 aliphatic heterocycles. The number of hydrogen-bond donors (Lipinski definition) is 1. The standard InChI is InChI=1S/C24H26N2O4/c1-3-16-7-4-9-18(13-16)26-24-20(23(27)25-15-19-10-6-12-29-19)14-17-8-5-11-21(28-2)22(17)30-24/h4-5,7-9,11,13-14,19H,3,6,10,12,15H2,1-2H3,(H,25,27)/t19-/m1/s1. The molecule has 0 unspecified atom stereocenters. The van der Waals surface area contributed by atoms with Gasteiger partial charge in [-0.1, -0.05) is 31.2 Å². The van der Waals surface area contributed by atoms with Crippen molar-refractivity contribution in [3.63, 3.8) is 0 Å². The first-order chi connectivity index (χ1) is 14.7. The second-order valence-electron chi connectivity index (χ2n) is 7.32. The Kier molecular flexibility index (Phi) is 6.14. The molecule has 1 aliphatic rings. The van der Waals surface area contributed by atoms with Crippen molar-refractivity contribution in [1.29, 1.82) is 0 Å². The van der Waals surface area contributed by atoms with E-state index in [0.717, 1.165) is 36.9 Å². The minimum atomic E-state index is -0.232. The van der Waals surface area contributed by atoms with Gasteiger partial charge in [-0.15, -0.1) is 0 Å². The molecule has 30 heavy (non-hydrogen) atoms. The van der Waals surface area contributed by atoms with Crippen LogP contribution in [0.2, 0.25) is 0 Å². The van der Waals surface area contributed by atoms with Gasteiger partial charge in [-0.2, -0.15) is 0 Å². The van der Waals surface area contributed by atoms with Gasteiger partial charge < -0.3 is 19.2 Å². The van der Waals surface area contributed by atoms with Crippen LogP contribution in [0.25, 0.3) is 11.0 Å². The fourth-order valence-electron chi connectivity index (χ4n) is 3.60. The largest absolute Gasteiger partial charge is 0.493 e. The summed E-state index contributed by atoms with van der Waals surface area (Å²) >= 11 is 0. The van der Waals surface area contributed by atoms with Crippen LogP contribution in [0.4, 0.5) is 5.69 Å². The zero-order chi connectivity index (χ0) is 20.9. The first kappa shape index (κ1) is 20.2. The van der Waals surface area contributed by atoms with E-state index >= 15 is 0 Å². The highest BCUT2D eigenvalue weighted by Crippen LogP contribution is 2.25. The summed E-state index contributed by atoms with van der Waals surface area (Å²) in [5.74, 6) is 0.363. The maximum Gasteiger partial charge on any atom is 0.256 e. The molecule has 1 N–H and O–H groups in total. The predicted molar refractivity (Wildman–Crippen MR) is 115 cm³/mol. The second kappa shape index (κ2) is 9.13. The molecule has 2 heterocycles. The maximum atomic E-state index is 13.0. The fraction of sp³-hybridized carbons (Fsp3) is 0.333. The molecule has 2 aromatic carbocycles. The van der Waals surface area contributed by atoms with Gasteiger partial charge in [-0.25, -0.2) is 4.99 Å². The van der Waals surface area contributed by atoms with E-state index in [2.05, 4.69) is 23.3 Å². The van der Waals surface area contributed by atoms with Crippen molar-refractivity contribution >= 4 is 22.6 Å². The van der Waals surface area contributed by atoms with Crippen molar-refractivity contribution in [2.75, 3.05) is 20.3 Å². The van der Waals surface area contributed by atoms with Gasteiger partial charge in [0.25, 0.3) is 5.91 Å². The van der Waals surface area contributed by atoms with Gasteiger partial charge in [0.1, 0.15) is 5.56 Å². The number of aryl methyl sites for hydroxylation is 1. The molecule has 1 fully saturated rings. The van der Waals surface area contributed by atoms with Crippen molar-refractivity contribution in [3.05, 3.63) is 65.2 Å². The molecule has 1 amide bonds. The minimum absolute atomic E-state index is 0.0630. The Labute approximate surface area is 175 Å². The molecule has 0 spiro atoms. The van der Waals surface area contributed by atoms with Crippen LogP contribution in [0.3, 0.4) is 0 Å². The molecule has 1 atom stereocenters. The van der Waals surface area contributed by atoms with Gasteiger partial charge >= 0.3 is 0 Å². The molecule has 1 saturated heterocycles. The average Bonchev–Trinajstić information content (AvgIpc) is 3.30. The van der Waals surface area contributed by atoms with E-state index in [4.69, 9.17) is 13.9 Å². The number of para-hydroxylation sites is 1. The molecule has 0 saturated carbocycles. The highest BCUT2D eigenvalue weighted by Gasteiger charge is 2.19. The van der Waals surface area contributed by atoms with Crippen LogP contribution in [-0.4, -0.2) is 32.3 Å². The van der Waals surface area contributed by atoms with E-state index in [1.807, 2.05) is 36.4 Å². The van der Waals surface area contributed by atoms with Crippen LogP contribution >= 0.6 is 0 Å². The van der Waals surface area contributed by atoms with Crippen LogP contribution < -0.4 is 15.6 Å². The van der Waals surface area contributed by atoms with Crippen molar-refractivity contribution < 1.29 is 18.7 Å². The van der Waals surface area contributed by atoms with Gasteiger partial charge in [0, 0.05) is 18.5 Å². The third kappa shape index (κ3) is 4.39. The van der Waals surface area contributed by atoms with E-state index in [1.54, 1.807) is 13.2 Å². The molecule has 4 rings (SSSR count). The van der Waals surface area contributed by atoms with Gasteiger partial charge in [-0.3, -0.25) is 4.79 Å². The van der Waals surface area contributed by atoms with Crippen LogP contribution in [0, 0.1) is 0 Å². The summed E-state index contributed by atoms with van der Waals surface area (Å²) in [6.07, 6.45) is 2.95. The molecular formula is C24H26N2O4. The third-order valence-electron chi connectivity index (χ3n) is 5.27. The van der Waals surface area contributed by atoms with Gasteiger partial charge in [0.05, 0.1) is 18.9 Å². The lowest BCUT2D eigenvalue weighted by molar-refractivity contribution is 0.0854. The van der Waals surface area contributed by atoms with E-state index in [1.165, 1.54) is 5.56 Å². The fourth-order valence-corrected chi connectivity index (χ4v) is 3.60. The number of rotatable bonds is 6. The molecule has 1 aromatic heterocycles. The van der Waals surface area contributed by atoms with Gasteiger partial charge in [-0.05, 0) is 49.1 Å². The number of hydrogen-bond acceptors (Lipinski definition) is 5. The van der Waals surface area contributed by atoms with Crippen LogP contribution in [-0.2, 0) is 11.2 Å². The average molecular weight is 406 g/mol. The molecule has 0 radical (unpaired) electrons. The smallest absolute Gasteiger partial charge is 0.256 e. The topological polar surface area (TPSA) is 73.1 Å². The lowest BCUT2D eigenvalue weighted by Crippen LogP contribution is -2.34. The van der Waals surface area contributed by atoms with Crippen LogP contribution in [0.5, 0.6) is 5.75 Å². The first-order valence-electron chi connectivity index (χ1n) is 10.3. The quantitative estimate of drug-likeness (QED) is 0.668. The van der Waals surface area contributed by atoms with E-state index in [9.17, 15) is 4.79 Å². The number of ether oxygens (including phenoxy) is 2. The zero-order valence-corrected chi connectivity index (χ0v) is 17.3. The molecule has 0 bridgehead atoms. The monoisotopic (exact) mass is 406 g/mol. The molecule has 0 aliphatic carbocycles. The second-order valence-corrected chi connectivity index (χ2v) is 7.32. The van der Waals surface area contributed by atoms with Crippen LogP contribution in [0.15, 0.2) is 57.9 Å². The number of amides is 1. The summed E-state index contributed by atoms with van der Waals surface area (Å²) < 4.78 is 17.1. The number of nitrogens with one attached hydrogen (secondary N) is 1. The number of nitrogens with zero attached hydrogens (tertiary/aromatic N) is 1. The number of carbonyl (C=O) groups is 1. The molecule has 6 nitrogen and oxygen atoms in total. The Morgan fingerprint density at radius 1 is 1.23 bits per heavy atom. The Bertz CT molecular complexity index is 1110. The summed E-state index contributed by atoms with van der Waals surface area (Å²) in [6, 6.07) is 15.3. The highest BCUT2D eigenvalue weighted by molar-refractivity contribution is 5.97. The van der Waals surface area contributed by atoms with Gasteiger partial charge in [0.2, 0.25) is 5.55 Å². The number of methoxy groups -OCH3 is 1. The summed E-state index contributed by atoms with van der Waals surface area (Å²) in [4.78, 5) is 17.7. The van der Waals surface area contributed by atoms with Gasteiger partial charge in [0.15, 0.2) is 11.3 Å². The van der Waals surface area contributed by atoms with E-state index in [0.29, 0.717) is 23.4 Å². The Hall–Kier alpha value is -3.12. The summed E-state index contributed by atoms with van der Waals surface area (Å²) in [6.45, 7) is 3.31. The number of fused-ring (bicyclic) bond motifs is 1. The summed E-state index contributed by atoms with van der Waals surface area (Å²) in [5, 5.41) is 3.74. The Balaban J connectivity index is 1.78. The van der Waals surface area contributed by atoms with Crippen molar-refractivity contribution in [2.45, 2.75) is 32.3 Å². The molecule has 3 aromatic rings. The molecule has 6 heteroatoms. The number of carbonyl (C=O) groups excluding carboxylic acids is 1. The predicted octanol–water partition coefficient (Wildman–Crippen LogP) is 4.15. The summed E-state index contributed by atoms with van der Waals surface area (Å²) in [7, 11) is 1.59. The zero-order valence-electron chi connectivity index (χ0n) is 17.3. The Morgan fingerprint density at radius 3 is 2.87 bits per heavy atom. The van der Waals surface area contributed by atoms with Crippen LogP contribution in [0.1, 0.15) is 35.7 Å². The summed E-state index contributed by atoms with van der Waals surface area (Å²) in [5.41, 5.74) is 3.10. The third-order valence-corrected chi connectivity index (χ3v) is 5.27. The van der Waals surface area contributed by atoms with Crippen molar-refractivity contribution in [2.24, 2.45) is 4.99 Å². The van der Waals surface area contributed by atoms with E-state index in [-0.39, 0.29) is 17.6 Å².